The van der Waals surface area contributed by atoms with Gasteiger partial charge in [0.05, 0.1) is 4.99 Å². The fourth-order valence-corrected chi connectivity index (χ4v) is 0.297. The van der Waals surface area contributed by atoms with Crippen molar-refractivity contribution in [2.45, 2.75) is 6.42 Å². The van der Waals surface area contributed by atoms with Crippen LogP contribution in [0.1, 0.15) is 6.42 Å². The third kappa shape index (κ3) is 5.81. The smallest absolute Gasteiger partial charge is 0.0740 e. The number of nitrogens with two attached hydrogens (primary N) is 2. The van der Waals surface area contributed by atoms with E-state index in [1.165, 1.54) is 0 Å². The molecule has 0 aromatic heterocycles. The van der Waals surface area contributed by atoms with E-state index in [1.807, 2.05) is 0 Å². The lowest BCUT2D eigenvalue weighted by atomic mass is 10.4. The van der Waals surface area contributed by atoms with Gasteiger partial charge in [-0.1, -0.05) is 12.2 Å². The van der Waals surface area contributed by atoms with Gasteiger partial charge >= 0.3 is 0 Å². The van der Waals surface area contributed by atoms with Crippen LogP contribution in [0.15, 0.2) is 0 Å². The molecule has 0 amide bonds. The summed E-state index contributed by atoms with van der Waals surface area (Å²) in [6.45, 7) is 0.662. The summed E-state index contributed by atoms with van der Waals surface area (Å²) < 4.78 is 0. The van der Waals surface area contributed by atoms with E-state index in [-0.39, 0.29) is 0 Å². The second-order valence-corrected chi connectivity index (χ2v) is 1.69. The molecule has 0 aromatic rings. The molecule has 0 rings (SSSR count). The maximum atomic E-state index is 5.11. The average Bonchev–Trinajstić information content (AvgIpc) is 1.61. The Kier molecular flexibility index (Phi) is 3.87. The van der Waals surface area contributed by atoms with Gasteiger partial charge in [0.2, 0.25) is 0 Å². The second kappa shape index (κ2) is 3.98. The minimum Gasteiger partial charge on any atom is -0.393 e. The van der Waals surface area contributed by atoms with E-state index in [1.54, 1.807) is 0 Å². The van der Waals surface area contributed by atoms with E-state index in [0.29, 0.717) is 18.0 Å². The molecule has 4 heteroatoms. The zero-order chi connectivity index (χ0) is 5.70. The fraction of sp³-hybridized carbons (Fsp3) is 0.667. The van der Waals surface area contributed by atoms with Crippen LogP contribution < -0.4 is 17.0 Å². The molecule has 0 fully saturated rings. The molecule has 0 atom stereocenters. The number of thiocarbonyl (C=S) groups is 1. The molecule has 0 aliphatic heterocycles. The minimum atomic E-state index is 0.498. The number of nitrogens with one attached hydrogen (secondary N) is 1. The quantitative estimate of drug-likeness (QED) is 0.256. The summed E-state index contributed by atoms with van der Waals surface area (Å²) in [5, 5.41) is 0. The highest BCUT2D eigenvalue weighted by Gasteiger charge is 1.83. The zero-order valence-corrected chi connectivity index (χ0v) is 4.79. The molecule has 0 bridgehead atoms. The van der Waals surface area contributed by atoms with Crippen LogP contribution in [0.5, 0.6) is 0 Å². The van der Waals surface area contributed by atoms with Gasteiger partial charge in [0.15, 0.2) is 0 Å². The van der Waals surface area contributed by atoms with Crippen LogP contribution in [0.25, 0.3) is 0 Å². The molecule has 42 valence electrons. The molecule has 0 aliphatic carbocycles. The van der Waals surface area contributed by atoms with Crippen LogP contribution in [0.4, 0.5) is 0 Å². The largest absolute Gasteiger partial charge is 0.393 e. The predicted octanol–water partition coefficient (Wildman–Crippen LogP) is -0.874. The van der Waals surface area contributed by atoms with Gasteiger partial charge in [-0.3, -0.25) is 11.3 Å². The van der Waals surface area contributed by atoms with Gasteiger partial charge in [0.25, 0.3) is 0 Å². The maximum Gasteiger partial charge on any atom is 0.0740 e. The number of rotatable bonds is 3. The molecule has 0 aliphatic rings. The summed E-state index contributed by atoms with van der Waals surface area (Å²) in [5.41, 5.74) is 7.55. The third-order valence-corrected chi connectivity index (χ3v) is 0.720. The van der Waals surface area contributed by atoms with Crippen LogP contribution in [0.3, 0.4) is 0 Å². The molecule has 0 spiro atoms. The fourth-order valence-electron chi connectivity index (χ4n) is 0.195. The maximum absolute atomic E-state index is 5.11. The molecular formula is C3H9N3S. The molecule has 7 heavy (non-hydrogen) atoms. The Hall–Kier alpha value is -0.190. The van der Waals surface area contributed by atoms with E-state index in [4.69, 9.17) is 11.6 Å². The minimum absolute atomic E-state index is 0.498. The summed E-state index contributed by atoms with van der Waals surface area (Å²) in [6.07, 6.45) is 0.672. The summed E-state index contributed by atoms with van der Waals surface area (Å²) >= 11 is 4.54. The predicted molar refractivity (Wildman–Crippen MR) is 33.6 cm³/mol. The van der Waals surface area contributed by atoms with Gasteiger partial charge in [-0.05, 0) is 0 Å². The van der Waals surface area contributed by atoms with Crippen molar-refractivity contribution in [2.24, 2.45) is 11.6 Å². The highest BCUT2D eigenvalue weighted by Crippen LogP contribution is 1.71. The molecule has 0 heterocycles. The molecule has 0 radical (unpaired) electrons. The van der Waals surface area contributed by atoms with Gasteiger partial charge in [0, 0.05) is 13.0 Å². The summed E-state index contributed by atoms with van der Waals surface area (Å²) in [6, 6.07) is 0. The van der Waals surface area contributed by atoms with Crippen molar-refractivity contribution in [3.8, 4) is 0 Å². The summed E-state index contributed by atoms with van der Waals surface area (Å²) in [5.74, 6) is 4.91. The van der Waals surface area contributed by atoms with Gasteiger partial charge < -0.3 is 5.73 Å². The zero-order valence-electron chi connectivity index (χ0n) is 3.98. The Labute approximate surface area is 48.0 Å². The summed E-state index contributed by atoms with van der Waals surface area (Å²) in [4.78, 5) is 0.498. The van der Waals surface area contributed by atoms with Gasteiger partial charge in [0.1, 0.15) is 0 Å². The van der Waals surface area contributed by atoms with Gasteiger partial charge in [-0.15, -0.1) is 0 Å². The number of hydrazine groups is 1. The monoisotopic (exact) mass is 119 g/mol. The van der Waals surface area contributed by atoms with Crippen molar-refractivity contribution in [3.05, 3.63) is 0 Å². The summed E-state index contributed by atoms with van der Waals surface area (Å²) in [7, 11) is 0. The highest BCUT2D eigenvalue weighted by molar-refractivity contribution is 7.80. The van der Waals surface area contributed by atoms with E-state index in [9.17, 15) is 0 Å². The van der Waals surface area contributed by atoms with E-state index < -0.39 is 0 Å². The number of hydrogen-bond donors (Lipinski definition) is 3. The standard InChI is InChI=1S/C3H9N3S/c4-3(7)1-2-6-5/h6H,1-2,5H2,(H2,4,7). The third-order valence-electron chi connectivity index (χ3n) is 0.516. The lowest BCUT2D eigenvalue weighted by Gasteiger charge is -1.92. The molecule has 0 unspecified atom stereocenters. The van der Waals surface area contributed by atoms with Crippen LogP contribution in [-0.2, 0) is 0 Å². The molecule has 3 nitrogen and oxygen atoms in total. The van der Waals surface area contributed by atoms with E-state index in [0.717, 1.165) is 0 Å². The van der Waals surface area contributed by atoms with Gasteiger partial charge in [-0.25, -0.2) is 0 Å². The highest BCUT2D eigenvalue weighted by atomic mass is 32.1. The topological polar surface area (TPSA) is 64.1 Å². The van der Waals surface area contributed by atoms with Crippen molar-refractivity contribution in [1.82, 2.24) is 5.43 Å². The van der Waals surface area contributed by atoms with Crippen molar-refractivity contribution in [1.29, 1.82) is 0 Å². The molecule has 5 N–H and O–H groups in total. The average molecular weight is 119 g/mol. The molecule has 0 aromatic carbocycles. The second-order valence-electron chi connectivity index (χ2n) is 1.17. The van der Waals surface area contributed by atoms with Crippen molar-refractivity contribution >= 4 is 17.2 Å². The van der Waals surface area contributed by atoms with Crippen molar-refractivity contribution in [2.75, 3.05) is 6.54 Å². The number of hydrogen-bond acceptors (Lipinski definition) is 3. The first-order chi connectivity index (χ1) is 3.27. The van der Waals surface area contributed by atoms with E-state index >= 15 is 0 Å². The first kappa shape index (κ1) is 6.81. The van der Waals surface area contributed by atoms with Crippen molar-refractivity contribution < 1.29 is 0 Å². The molecule has 0 saturated carbocycles. The first-order valence-electron chi connectivity index (χ1n) is 1.99. The Morgan fingerprint density at radius 3 is 2.43 bits per heavy atom. The van der Waals surface area contributed by atoms with Gasteiger partial charge in [-0.2, -0.15) is 0 Å². The van der Waals surface area contributed by atoms with Crippen LogP contribution in [0, 0.1) is 0 Å². The lowest BCUT2D eigenvalue weighted by molar-refractivity contribution is 0.753. The SMILES string of the molecule is NNCCC(N)=S. The Morgan fingerprint density at radius 1 is 1.71 bits per heavy atom. The lowest BCUT2D eigenvalue weighted by Crippen LogP contribution is -2.26. The molecular weight excluding hydrogens is 110 g/mol. The first-order valence-corrected chi connectivity index (χ1v) is 2.40. The van der Waals surface area contributed by atoms with Crippen LogP contribution >= 0.6 is 12.2 Å². The molecule has 0 saturated heterocycles. The van der Waals surface area contributed by atoms with E-state index in [2.05, 4.69) is 17.6 Å². The Morgan fingerprint density at radius 2 is 2.29 bits per heavy atom. The Bertz CT molecular complexity index is 63.2. The van der Waals surface area contributed by atoms with Crippen molar-refractivity contribution in [3.63, 3.8) is 0 Å². The van der Waals surface area contributed by atoms with Crippen LogP contribution in [0.2, 0.25) is 0 Å². The normalized spacial score (nSPS) is 8.71. The van der Waals surface area contributed by atoms with Crippen LogP contribution in [-0.4, -0.2) is 11.5 Å². The Balaban J connectivity index is 2.82.